The highest BCUT2D eigenvalue weighted by Gasteiger charge is 1.94. The molecule has 0 aromatic heterocycles. The second-order valence-corrected chi connectivity index (χ2v) is 2.73. The molecular weight excluding hydrogens is 160 g/mol. The van der Waals surface area contributed by atoms with Crippen molar-refractivity contribution in [2.45, 2.75) is 26.7 Å². The van der Waals surface area contributed by atoms with Crippen LogP contribution in [0.3, 0.4) is 0 Å². The first-order valence-electron chi connectivity index (χ1n) is 4.46. The number of allylic oxidation sites excluding steroid dienone is 4. The van der Waals surface area contributed by atoms with Gasteiger partial charge >= 0.3 is 0 Å². The average Bonchev–Trinajstić information content (AvgIpc) is 2.11. The molecule has 0 radical (unpaired) electrons. The summed E-state index contributed by atoms with van der Waals surface area (Å²) in [5.74, 6) is 1.49. The monoisotopic (exact) mass is 178 g/mol. The van der Waals surface area contributed by atoms with E-state index in [4.69, 9.17) is 4.74 Å². The summed E-state index contributed by atoms with van der Waals surface area (Å²) in [6.07, 6.45) is 9.47. The van der Waals surface area contributed by atoms with E-state index in [-0.39, 0.29) is 0 Å². The fourth-order valence-corrected chi connectivity index (χ4v) is 0.786. The van der Waals surface area contributed by atoms with E-state index in [2.05, 4.69) is 13.2 Å². The molecule has 0 aliphatic rings. The Kier molecular flexibility index (Phi) is 6.70. The Bertz CT molecular complexity index is 197. The summed E-state index contributed by atoms with van der Waals surface area (Å²) in [5.41, 5.74) is 0. The van der Waals surface area contributed by atoms with E-state index in [1.165, 1.54) is 0 Å². The Hall–Kier alpha value is -1.24. The van der Waals surface area contributed by atoms with Gasteiger partial charge in [-0.25, -0.2) is 0 Å². The SMILES string of the molecule is C=C(CC=CC)OC(=C)CC=CC. The van der Waals surface area contributed by atoms with Gasteiger partial charge in [-0.1, -0.05) is 37.5 Å². The highest BCUT2D eigenvalue weighted by atomic mass is 16.5. The standard InChI is InChI=1S/C12H18O/c1-5-7-9-11(3)13-12(4)10-8-6-2/h5-8H,3-4,9-10H2,1-2H3. The fourth-order valence-electron chi connectivity index (χ4n) is 0.786. The summed E-state index contributed by atoms with van der Waals surface area (Å²) in [4.78, 5) is 0. The van der Waals surface area contributed by atoms with Crippen molar-refractivity contribution in [1.82, 2.24) is 0 Å². The van der Waals surface area contributed by atoms with Crippen LogP contribution in [0.15, 0.2) is 49.0 Å². The lowest BCUT2D eigenvalue weighted by molar-refractivity contribution is 0.296. The van der Waals surface area contributed by atoms with Crippen molar-refractivity contribution in [3.8, 4) is 0 Å². The summed E-state index contributed by atoms with van der Waals surface area (Å²) in [6.45, 7) is 11.5. The van der Waals surface area contributed by atoms with Crippen LogP contribution in [0.25, 0.3) is 0 Å². The highest BCUT2D eigenvalue weighted by Crippen LogP contribution is 2.10. The van der Waals surface area contributed by atoms with Crippen molar-refractivity contribution >= 4 is 0 Å². The van der Waals surface area contributed by atoms with Crippen molar-refractivity contribution in [2.24, 2.45) is 0 Å². The maximum absolute atomic E-state index is 5.36. The van der Waals surface area contributed by atoms with E-state index in [0.717, 1.165) is 24.4 Å². The van der Waals surface area contributed by atoms with Gasteiger partial charge in [0, 0.05) is 12.8 Å². The van der Waals surface area contributed by atoms with E-state index < -0.39 is 0 Å². The van der Waals surface area contributed by atoms with E-state index in [1.54, 1.807) is 0 Å². The van der Waals surface area contributed by atoms with Gasteiger partial charge in [-0.2, -0.15) is 0 Å². The minimum absolute atomic E-state index is 0.743. The molecule has 0 aromatic carbocycles. The molecule has 0 aromatic rings. The zero-order valence-electron chi connectivity index (χ0n) is 8.55. The van der Waals surface area contributed by atoms with Gasteiger partial charge in [-0.05, 0) is 13.8 Å². The molecule has 0 bridgehead atoms. The Balaban J connectivity index is 3.71. The summed E-state index contributed by atoms with van der Waals surface area (Å²) < 4.78 is 5.36. The first-order chi connectivity index (χ1) is 6.20. The number of rotatable bonds is 6. The lowest BCUT2D eigenvalue weighted by Gasteiger charge is -2.07. The molecule has 1 nitrogen and oxygen atoms in total. The van der Waals surface area contributed by atoms with Crippen molar-refractivity contribution in [3.05, 3.63) is 49.0 Å². The van der Waals surface area contributed by atoms with Crippen LogP contribution >= 0.6 is 0 Å². The van der Waals surface area contributed by atoms with Crippen LogP contribution in [0.2, 0.25) is 0 Å². The largest absolute Gasteiger partial charge is 0.467 e. The minimum Gasteiger partial charge on any atom is -0.467 e. The predicted molar refractivity (Wildman–Crippen MR) is 58.2 cm³/mol. The molecule has 0 spiro atoms. The minimum atomic E-state index is 0.743. The zero-order chi connectivity index (χ0) is 10.1. The van der Waals surface area contributed by atoms with Crippen molar-refractivity contribution in [3.63, 3.8) is 0 Å². The number of ether oxygens (including phenoxy) is 1. The molecule has 0 heterocycles. The first-order valence-corrected chi connectivity index (χ1v) is 4.46. The quantitative estimate of drug-likeness (QED) is 0.442. The van der Waals surface area contributed by atoms with Gasteiger partial charge < -0.3 is 4.74 Å². The van der Waals surface area contributed by atoms with Gasteiger partial charge in [0.2, 0.25) is 0 Å². The molecule has 0 atom stereocenters. The Morgan fingerprint density at radius 2 is 1.38 bits per heavy atom. The maximum atomic E-state index is 5.36. The Morgan fingerprint density at radius 3 is 1.69 bits per heavy atom. The van der Waals surface area contributed by atoms with Gasteiger partial charge in [0.05, 0.1) is 0 Å². The second-order valence-electron chi connectivity index (χ2n) is 2.73. The number of hydrogen-bond acceptors (Lipinski definition) is 1. The normalized spacial score (nSPS) is 10.9. The van der Waals surface area contributed by atoms with Gasteiger partial charge in [0.1, 0.15) is 11.5 Å². The van der Waals surface area contributed by atoms with Gasteiger partial charge in [-0.3, -0.25) is 0 Å². The summed E-state index contributed by atoms with van der Waals surface area (Å²) >= 11 is 0. The molecule has 0 saturated heterocycles. The molecule has 0 fully saturated rings. The van der Waals surface area contributed by atoms with E-state index in [1.807, 2.05) is 38.2 Å². The lowest BCUT2D eigenvalue weighted by atomic mass is 10.3. The average molecular weight is 178 g/mol. The van der Waals surface area contributed by atoms with Crippen molar-refractivity contribution in [1.29, 1.82) is 0 Å². The van der Waals surface area contributed by atoms with Crippen LogP contribution < -0.4 is 0 Å². The third kappa shape index (κ3) is 7.13. The molecule has 0 aliphatic carbocycles. The fraction of sp³-hybridized carbons (Fsp3) is 0.333. The van der Waals surface area contributed by atoms with Crippen LogP contribution in [0, 0.1) is 0 Å². The molecule has 1 heteroatoms. The Morgan fingerprint density at radius 1 is 1.00 bits per heavy atom. The van der Waals surface area contributed by atoms with Gasteiger partial charge in [-0.15, -0.1) is 0 Å². The Labute approximate surface area is 81.1 Å². The van der Waals surface area contributed by atoms with Crippen molar-refractivity contribution < 1.29 is 4.74 Å². The summed E-state index contributed by atoms with van der Waals surface area (Å²) in [5, 5.41) is 0. The van der Waals surface area contributed by atoms with Crippen LogP contribution in [0.1, 0.15) is 26.7 Å². The zero-order valence-corrected chi connectivity index (χ0v) is 8.55. The molecule has 13 heavy (non-hydrogen) atoms. The van der Waals surface area contributed by atoms with Gasteiger partial charge in [0.25, 0.3) is 0 Å². The van der Waals surface area contributed by atoms with E-state index in [9.17, 15) is 0 Å². The molecule has 72 valence electrons. The number of hydrogen-bond donors (Lipinski definition) is 0. The molecular formula is C12H18O. The van der Waals surface area contributed by atoms with Crippen LogP contribution in [-0.4, -0.2) is 0 Å². The smallest absolute Gasteiger partial charge is 0.100 e. The van der Waals surface area contributed by atoms with Crippen LogP contribution in [0.5, 0.6) is 0 Å². The first kappa shape index (κ1) is 11.8. The predicted octanol–water partition coefficient (Wildman–Crippen LogP) is 3.96. The lowest BCUT2D eigenvalue weighted by Crippen LogP contribution is -1.88. The van der Waals surface area contributed by atoms with E-state index in [0.29, 0.717) is 0 Å². The second kappa shape index (κ2) is 7.41. The molecule has 0 unspecified atom stereocenters. The maximum Gasteiger partial charge on any atom is 0.100 e. The van der Waals surface area contributed by atoms with Crippen LogP contribution in [-0.2, 0) is 4.74 Å². The molecule has 0 aliphatic heterocycles. The van der Waals surface area contributed by atoms with Crippen molar-refractivity contribution in [2.75, 3.05) is 0 Å². The molecule has 0 saturated carbocycles. The van der Waals surface area contributed by atoms with Crippen LogP contribution in [0.4, 0.5) is 0 Å². The topological polar surface area (TPSA) is 9.23 Å². The molecule has 0 N–H and O–H groups in total. The highest BCUT2D eigenvalue weighted by molar-refractivity contribution is 5.01. The third-order valence-corrected chi connectivity index (χ3v) is 1.45. The van der Waals surface area contributed by atoms with Gasteiger partial charge in [0.15, 0.2) is 0 Å². The summed E-state index contributed by atoms with van der Waals surface area (Å²) in [6, 6.07) is 0. The molecule has 0 amide bonds. The summed E-state index contributed by atoms with van der Waals surface area (Å²) in [7, 11) is 0. The van der Waals surface area contributed by atoms with E-state index >= 15 is 0 Å². The molecule has 0 rings (SSSR count). The third-order valence-electron chi connectivity index (χ3n) is 1.45.